The van der Waals surface area contributed by atoms with Crippen LogP contribution in [0.5, 0.6) is 0 Å². The molecule has 0 bridgehead atoms. The summed E-state index contributed by atoms with van der Waals surface area (Å²) in [6.07, 6.45) is 4.35. The van der Waals surface area contributed by atoms with Gasteiger partial charge in [-0.05, 0) is 48.1 Å². The maximum absolute atomic E-state index is 12.6. The second-order valence-electron chi connectivity index (χ2n) is 8.55. The summed E-state index contributed by atoms with van der Waals surface area (Å²) in [6, 6.07) is 14.2. The summed E-state index contributed by atoms with van der Waals surface area (Å²) < 4.78 is 28.3. The standard InChI is InChI=1S/C26H32N4O5S/c1-3-4-5-8-16-28-26(33)29-36(34,35)21-13-11-19(12-14-21)15-17-27-24(31)22-18-20-9-6-7-10-23(20)30(2)25(22)32/h6-7,9-14,18H,3-5,8,15-17H2,1-2H3,(H,27,31)(H2,28,29,33). The summed E-state index contributed by atoms with van der Waals surface area (Å²) in [6.45, 7) is 2.76. The number of carbonyl (C=O) groups excluding carboxylic acids is 2. The summed E-state index contributed by atoms with van der Waals surface area (Å²) >= 11 is 0. The topological polar surface area (TPSA) is 126 Å². The molecule has 0 spiro atoms. The third kappa shape index (κ3) is 6.94. The van der Waals surface area contributed by atoms with Gasteiger partial charge in [0.1, 0.15) is 5.56 Å². The Morgan fingerprint density at radius 2 is 1.64 bits per heavy atom. The number of aryl methyl sites for hydroxylation is 1. The van der Waals surface area contributed by atoms with Crippen LogP contribution in [0.25, 0.3) is 10.9 Å². The predicted molar refractivity (Wildman–Crippen MR) is 140 cm³/mol. The van der Waals surface area contributed by atoms with E-state index in [0.717, 1.165) is 42.1 Å². The zero-order valence-corrected chi connectivity index (χ0v) is 21.4. The molecule has 2 aromatic carbocycles. The second-order valence-corrected chi connectivity index (χ2v) is 10.2. The number of para-hydroxylation sites is 1. The first-order chi connectivity index (χ1) is 17.2. The molecule has 0 aliphatic heterocycles. The quantitative estimate of drug-likeness (QED) is 0.340. The summed E-state index contributed by atoms with van der Waals surface area (Å²) in [7, 11) is -2.36. The van der Waals surface area contributed by atoms with Crippen LogP contribution < -0.4 is 20.9 Å². The molecule has 9 nitrogen and oxygen atoms in total. The third-order valence-electron chi connectivity index (χ3n) is 5.85. The number of sulfonamides is 1. The first-order valence-electron chi connectivity index (χ1n) is 12.0. The lowest BCUT2D eigenvalue weighted by atomic mass is 10.1. The van der Waals surface area contributed by atoms with E-state index in [1.54, 1.807) is 25.2 Å². The van der Waals surface area contributed by atoms with Crippen molar-refractivity contribution in [2.24, 2.45) is 7.05 Å². The van der Waals surface area contributed by atoms with Crippen molar-refractivity contribution in [3.63, 3.8) is 0 Å². The number of nitrogens with one attached hydrogen (secondary N) is 3. The highest BCUT2D eigenvalue weighted by Gasteiger charge is 2.17. The zero-order valence-electron chi connectivity index (χ0n) is 20.5. The Bertz CT molecular complexity index is 1380. The molecular formula is C26H32N4O5S. The van der Waals surface area contributed by atoms with E-state index in [1.807, 2.05) is 29.0 Å². The van der Waals surface area contributed by atoms with Crippen molar-refractivity contribution in [3.8, 4) is 0 Å². The van der Waals surface area contributed by atoms with Crippen molar-refractivity contribution in [1.29, 1.82) is 0 Å². The highest BCUT2D eigenvalue weighted by molar-refractivity contribution is 7.90. The molecule has 10 heteroatoms. The van der Waals surface area contributed by atoms with E-state index in [0.29, 0.717) is 13.0 Å². The Morgan fingerprint density at radius 1 is 0.917 bits per heavy atom. The van der Waals surface area contributed by atoms with Gasteiger partial charge < -0.3 is 15.2 Å². The van der Waals surface area contributed by atoms with Crippen molar-refractivity contribution in [3.05, 3.63) is 76.1 Å². The lowest BCUT2D eigenvalue weighted by Gasteiger charge is -2.10. The number of amides is 3. The second kappa shape index (κ2) is 12.3. The maximum atomic E-state index is 12.6. The maximum Gasteiger partial charge on any atom is 0.328 e. The molecule has 1 aromatic heterocycles. The SMILES string of the molecule is CCCCCCNC(=O)NS(=O)(=O)c1ccc(CCNC(=O)c2cc3ccccc3n(C)c2=O)cc1. The lowest BCUT2D eigenvalue weighted by molar-refractivity contribution is 0.0952. The van der Waals surface area contributed by atoms with Gasteiger partial charge in [0.2, 0.25) is 0 Å². The molecule has 36 heavy (non-hydrogen) atoms. The minimum Gasteiger partial charge on any atom is -0.352 e. The van der Waals surface area contributed by atoms with Crippen LogP contribution in [-0.4, -0.2) is 38.0 Å². The van der Waals surface area contributed by atoms with Crippen LogP contribution in [0.2, 0.25) is 0 Å². The Balaban J connectivity index is 1.53. The first kappa shape index (κ1) is 26.9. The number of hydrogen-bond acceptors (Lipinski definition) is 5. The molecule has 0 aliphatic carbocycles. The normalized spacial score (nSPS) is 11.3. The number of hydrogen-bond donors (Lipinski definition) is 3. The van der Waals surface area contributed by atoms with E-state index in [1.165, 1.54) is 16.7 Å². The van der Waals surface area contributed by atoms with Gasteiger partial charge in [-0.3, -0.25) is 9.59 Å². The van der Waals surface area contributed by atoms with Gasteiger partial charge in [-0.15, -0.1) is 0 Å². The summed E-state index contributed by atoms with van der Waals surface area (Å²) in [5.41, 5.74) is 1.22. The summed E-state index contributed by atoms with van der Waals surface area (Å²) in [4.78, 5) is 37.1. The molecule has 0 saturated heterocycles. The molecule has 192 valence electrons. The zero-order chi connectivity index (χ0) is 26.1. The van der Waals surface area contributed by atoms with E-state index in [9.17, 15) is 22.8 Å². The molecule has 3 amide bonds. The molecule has 3 aromatic rings. The minimum atomic E-state index is -3.99. The Morgan fingerprint density at radius 3 is 2.36 bits per heavy atom. The van der Waals surface area contributed by atoms with Crippen LogP contribution in [0.3, 0.4) is 0 Å². The monoisotopic (exact) mass is 512 g/mol. The van der Waals surface area contributed by atoms with Crippen LogP contribution in [0, 0.1) is 0 Å². The van der Waals surface area contributed by atoms with Crippen LogP contribution >= 0.6 is 0 Å². The number of benzene rings is 2. The largest absolute Gasteiger partial charge is 0.352 e. The number of unbranched alkanes of at least 4 members (excludes halogenated alkanes) is 3. The fraction of sp³-hybridized carbons (Fsp3) is 0.346. The van der Waals surface area contributed by atoms with Crippen LogP contribution in [0.15, 0.2) is 64.3 Å². The highest BCUT2D eigenvalue weighted by Crippen LogP contribution is 2.13. The van der Waals surface area contributed by atoms with Gasteiger partial charge >= 0.3 is 6.03 Å². The van der Waals surface area contributed by atoms with Crippen molar-refractivity contribution in [2.45, 2.75) is 43.9 Å². The van der Waals surface area contributed by atoms with Gasteiger partial charge in [0.05, 0.1) is 10.4 Å². The predicted octanol–water partition coefficient (Wildman–Crippen LogP) is 3.08. The van der Waals surface area contributed by atoms with E-state index in [2.05, 4.69) is 17.6 Å². The fourth-order valence-electron chi connectivity index (χ4n) is 3.81. The number of urea groups is 1. The summed E-state index contributed by atoms with van der Waals surface area (Å²) in [5, 5.41) is 6.09. The van der Waals surface area contributed by atoms with Crippen molar-refractivity contribution < 1.29 is 18.0 Å². The molecule has 0 fully saturated rings. The molecule has 0 aliphatic rings. The average Bonchev–Trinajstić information content (AvgIpc) is 2.86. The van der Waals surface area contributed by atoms with E-state index < -0.39 is 22.0 Å². The van der Waals surface area contributed by atoms with Crippen molar-refractivity contribution in [1.82, 2.24) is 19.9 Å². The average molecular weight is 513 g/mol. The molecule has 3 rings (SSSR count). The van der Waals surface area contributed by atoms with E-state index in [4.69, 9.17) is 0 Å². The first-order valence-corrected chi connectivity index (χ1v) is 13.5. The van der Waals surface area contributed by atoms with Gasteiger partial charge in [0.25, 0.3) is 21.5 Å². The number of nitrogens with zero attached hydrogens (tertiary/aromatic N) is 1. The Labute approximate surface area is 211 Å². The minimum absolute atomic E-state index is 0.0314. The Kier molecular flexibility index (Phi) is 9.24. The van der Waals surface area contributed by atoms with Gasteiger partial charge in [0, 0.05) is 20.1 Å². The molecule has 1 heterocycles. The van der Waals surface area contributed by atoms with Gasteiger partial charge in [-0.1, -0.05) is 56.5 Å². The van der Waals surface area contributed by atoms with Crippen molar-refractivity contribution >= 4 is 32.9 Å². The van der Waals surface area contributed by atoms with E-state index in [-0.39, 0.29) is 22.6 Å². The van der Waals surface area contributed by atoms with Crippen LogP contribution in [0.1, 0.15) is 48.5 Å². The van der Waals surface area contributed by atoms with Gasteiger partial charge in [-0.25, -0.2) is 17.9 Å². The van der Waals surface area contributed by atoms with Crippen LogP contribution in [-0.2, 0) is 23.5 Å². The van der Waals surface area contributed by atoms with E-state index >= 15 is 0 Å². The molecule has 3 N–H and O–H groups in total. The molecular weight excluding hydrogens is 480 g/mol. The number of rotatable bonds is 11. The molecule has 0 atom stereocenters. The highest BCUT2D eigenvalue weighted by atomic mass is 32.2. The Hall–Kier alpha value is -3.66. The van der Waals surface area contributed by atoms with Crippen molar-refractivity contribution in [2.75, 3.05) is 13.1 Å². The summed E-state index contributed by atoms with van der Waals surface area (Å²) in [5.74, 6) is -0.467. The van der Waals surface area contributed by atoms with Gasteiger partial charge in [0.15, 0.2) is 0 Å². The molecule has 0 saturated carbocycles. The van der Waals surface area contributed by atoms with Gasteiger partial charge in [-0.2, -0.15) is 0 Å². The smallest absolute Gasteiger partial charge is 0.328 e. The number of pyridine rings is 1. The number of carbonyl (C=O) groups is 2. The number of aromatic nitrogens is 1. The number of fused-ring (bicyclic) bond motifs is 1. The fourth-order valence-corrected chi connectivity index (χ4v) is 4.74. The molecule has 0 radical (unpaired) electrons. The third-order valence-corrected chi connectivity index (χ3v) is 7.20. The van der Waals surface area contributed by atoms with Crippen LogP contribution in [0.4, 0.5) is 4.79 Å². The molecule has 0 unspecified atom stereocenters. The lowest BCUT2D eigenvalue weighted by Crippen LogP contribution is -2.39.